The maximum absolute atomic E-state index is 13.3. The monoisotopic (exact) mass is 491 g/mol. The highest BCUT2D eigenvalue weighted by Crippen LogP contribution is 2.35. The molecule has 33 heavy (non-hydrogen) atoms. The van der Waals surface area contributed by atoms with Crippen molar-refractivity contribution in [1.29, 1.82) is 0 Å². The van der Waals surface area contributed by atoms with Gasteiger partial charge in [-0.05, 0) is 60.9 Å². The fourth-order valence-corrected chi connectivity index (χ4v) is 6.19. The summed E-state index contributed by atoms with van der Waals surface area (Å²) in [5.74, 6) is -0.564. The molecule has 0 radical (unpaired) electrons. The first-order valence-electron chi connectivity index (χ1n) is 9.76. The summed E-state index contributed by atoms with van der Waals surface area (Å²) in [4.78, 5) is 9.89. The number of anilines is 2. The normalized spacial score (nSPS) is 13.9. The molecule has 0 aromatic heterocycles. The largest absolute Gasteiger partial charge is 0.280 e. The molecule has 1 N–H and O–H groups in total. The number of nitrogens with zero attached hydrogens (tertiary/aromatic N) is 2. The number of nitro benzene ring substituents is 1. The second kappa shape index (κ2) is 8.45. The van der Waals surface area contributed by atoms with Crippen molar-refractivity contribution in [3.05, 3.63) is 88.2 Å². The summed E-state index contributed by atoms with van der Waals surface area (Å²) in [6, 6.07) is 13.6. The number of non-ortho nitro benzene ring substituents is 1. The summed E-state index contributed by atoms with van der Waals surface area (Å²) >= 11 is 0. The number of hydrogen-bond acceptors (Lipinski definition) is 6. The number of sulfonamides is 2. The van der Waals surface area contributed by atoms with Gasteiger partial charge in [0, 0.05) is 18.7 Å². The van der Waals surface area contributed by atoms with Crippen LogP contribution >= 0.6 is 0 Å². The van der Waals surface area contributed by atoms with E-state index < -0.39 is 30.8 Å². The van der Waals surface area contributed by atoms with E-state index in [1.807, 2.05) is 0 Å². The van der Waals surface area contributed by atoms with Crippen LogP contribution in [0, 0.1) is 15.9 Å². The first kappa shape index (κ1) is 22.7. The zero-order valence-corrected chi connectivity index (χ0v) is 18.6. The molecule has 4 rings (SSSR count). The molecule has 3 aromatic rings. The van der Waals surface area contributed by atoms with Crippen LogP contribution in [0.4, 0.5) is 21.5 Å². The van der Waals surface area contributed by atoms with Crippen molar-refractivity contribution in [2.45, 2.75) is 22.6 Å². The van der Waals surface area contributed by atoms with Gasteiger partial charge in [0.2, 0.25) is 0 Å². The van der Waals surface area contributed by atoms with Crippen molar-refractivity contribution in [2.24, 2.45) is 0 Å². The van der Waals surface area contributed by atoms with Gasteiger partial charge in [-0.2, -0.15) is 0 Å². The fourth-order valence-electron chi connectivity index (χ4n) is 3.57. The van der Waals surface area contributed by atoms with E-state index >= 15 is 0 Å². The van der Waals surface area contributed by atoms with Crippen LogP contribution in [0.25, 0.3) is 0 Å². The second-order valence-corrected chi connectivity index (χ2v) is 10.9. The number of nitro groups is 1. The van der Waals surface area contributed by atoms with Gasteiger partial charge in [0.25, 0.3) is 25.7 Å². The molecule has 0 fully saturated rings. The van der Waals surface area contributed by atoms with Crippen molar-refractivity contribution in [1.82, 2.24) is 0 Å². The third-order valence-electron chi connectivity index (χ3n) is 5.15. The zero-order valence-electron chi connectivity index (χ0n) is 17.0. The van der Waals surface area contributed by atoms with Crippen LogP contribution in [0.15, 0.2) is 76.5 Å². The van der Waals surface area contributed by atoms with E-state index in [-0.39, 0.29) is 27.7 Å². The minimum Gasteiger partial charge on any atom is -0.280 e. The van der Waals surface area contributed by atoms with Crippen LogP contribution in [0.3, 0.4) is 0 Å². The smallest absolute Gasteiger partial charge is 0.270 e. The Labute approximate surface area is 189 Å². The molecule has 0 unspecified atom stereocenters. The fraction of sp³-hybridized carbons (Fsp3) is 0.143. The second-order valence-electron chi connectivity index (χ2n) is 7.34. The van der Waals surface area contributed by atoms with Gasteiger partial charge in [-0.15, -0.1) is 0 Å². The molecule has 0 aliphatic carbocycles. The molecule has 1 aliphatic heterocycles. The van der Waals surface area contributed by atoms with Crippen molar-refractivity contribution in [3.63, 3.8) is 0 Å². The van der Waals surface area contributed by atoms with Crippen LogP contribution in [-0.2, 0) is 26.5 Å². The van der Waals surface area contributed by atoms with Gasteiger partial charge in [-0.3, -0.25) is 19.1 Å². The molecule has 172 valence electrons. The molecular weight excluding hydrogens is 473 g/mol. The topological polar surface area (TPSA) is 127 Å². The van der Waals surface area contributed by atoms with Crippen LogP contribution in [0.5, 0.6) is 0 Å². The van der Waals surface area contributed by atoms with Gasteiger partial charge in [-0.25, -0.2) is 21.2 Å². The Bertz CT molecular complexity index is 1440. The van der Waals surface area contributed by atoms with Crippen LogP contribution < -0.4 is 9.03 Å². The van der Waals surface area contributed by atoms with Crippen LogP contribution in [-0.4, -0.2) is 28.3 Å². The van der Waals surface area contributed by atoms with E-state index in [1.54, 1.807) is 6.07 Å². The van der Waals surface area contributed by atoms with Crippen molar-refractivity contribution >= 4 is 37.1 Å². The summed E-state index contributed by atoms with van der Waals surface area (Å²) < 4.78 is 68.7. The predicted molar refractivity (Wildman–Crippen MR) is 120 cm³/mol. The number of aryl methyl sites for hydroxylation is 1. The number of rotatable bonds is 6. The Hall–Kier alpha value is -3.51. The standard InChI is InChI=1S/C21H18FN3O6S2/c22-16-7-10-19(11-8-16)33(30,31)24-12-2-3-15-6-9-17(13-21(15)24)23-32(28,29)20-5-1-4-18(14-20)25(26)27/h1,4-11,13-14,23H,2-3,12H2. The Kier molecular flexibility index (Phi) is 5.80. The van der Waals surface area contributed by atoms with Gasteiger partial charge in [0.1, 0.15) is 5.82 Å². The average Bonchev–Trinajstić information content (AvgIpc) is 2.78. The van der Waals surface area contributed by atoms with Gasteiger partial charge < -0.3 is 0 Å². The molecule has 0 bridgehead atoms. The lowest BCUT2D eigenvalue weighted by Gasteiger charge is -2.31. The summed E-state index contributed by atoms with van der Waals surface area (Å²) in [6.07, 6.45) is 1.16. The highest BCUT2D eigenvalue weighted by molar-refractivity contribution is 7.93. The summed E-state index contributed by atoms with van der Waals surface area (Å²) in [5.41, 5.74) is 0.747. The minimum atomic E-state index is -4.17. The van der Waals surface area contributed by atoms with Gasteiger partial charge in [0.05, 0.1) is 26.1 Å². The lowest BCUT2D eigenvalue weighted by atomic mass is 10.0. The van der Waals surface area contributed by atoms with E-state index in [0.717, 1.165) is 18.2 Å². The third-order valence-corrected chi connectivity index (χ3v) is 8.36. The molecule has 0 atom stereocenters. The molecule has 0 amide bonds. The first-order valence-corrected chi connectivity index (χ1v) is 12.7. The molecule has 3 aromatic carbocycles. The van der Waals surface area contributed by atoms with Crippen LogP contribution in [0.2, 0.25) is 0 Å². The minimum absolute atomic E-state index is 0.0840. The maximum Gasteiger partial charge on any atom is 0.270 e. The third kappa shape index (κ3) is 4.52. The van der Waals surface area contributed by atoms with Gasteiger partial charge >= 0.3 is 0 Å². The van der Waals surface area contributed by atoms with Crippen LogP contribution in [0.1, 0.15) is 12.0 Å². The predicted octanol–water partition coefficient (Wildman–Crippen LogP) is 3.68. The van der Waals surface area contributed by atoms with Crippen molar-refractivity contribution in [3.8, 4) is 0 Å². The number of fused-ring (bicyclic) bond motifs is 1. The molecule has 0 spiro atoms. The zero-order chi connectivity index (χ0) is 23.8. The van der Waals surface area contributed by atoms with E-state index in [9.17, 15) is 31.3 Å². The average molecular weight is 492 g/mol. The van der Waals surface area contributed by atoms with E-state index in [2.05, 4.69) is 4.72 Å². The van der Waals surface area contributed by atoms with E-state index in [4.69, 9.17) is 0 Å². The summed E-state index contributed by atoms with van der Waals surface area (Å²) in [7, 11) is -8.18. The lowest BCUT2D eigenvalue weighted by Crippen LogP contribution is -2.35. The number of nitrogens with one attached hydrogen (secondary N) is 1. The Balaban J connectivity index is 1.69. The number of halogens is 1. The molecule has 12 heteroatoms. The quantitative estimate of drug-likeness (QED) is 0.414. The summed E-state index contributed by atoms with van der Waals surface area (Å²) in [5, 5.41) is 11.0. The van der Waals surface area contributed by atoms with E-state index in [1.165, 1.54) is 46.8 Å². The molecule has 0 saturated heterocycles. The van der Waals surface area contributed by atoms with Gasteiger partial charge in [0.15, 0.2) is 0 Å². The SMILES string of the molecule is O=[N+]([O-])c1cccc(S(=O)(=O)Nc2ccc3c(c2)N(S(=O)(=O)c2ccc(F)cc2)CCC3)c1. The van der Waals surface area contributed by atoms with E-state index in [0.29, 0.717) is 24.1 Å². The molecule has 1 heterocycles. The van der Waals surface area contributed by atoms with Gasteiger partial charge in [-0.1, -0.05) is 12.1 Å². The Morgan fingerprint density at radius 3 is 2.36 bits per heavy atom. The van der Waals surface area contributed by atoms with Crippen molar-refractivity contribution in [2.75, 3.05) is 15.6 Å². The molecule has 0 saturated carbocycles. The number of hydrogen-bond donors (Lipinski definition) is 1. The molecular formula is C21H18FN3O6S2. The van der Waals surface area contributed by atoms with Crippen molar-refractivity contribution < 1.29 is 26.1 Å². The highest BCUT2D eigenvalue weighted by Gasteiger charge is 2.30. The summed E-state index contributed by atoms with van der Waals surface area (Å²) in [6.45, 7) is 0.174. The number of benzene rings is 3. The first-order chi connectivity index (χ1) is 15.6. The Morgan fingerprint density at radius 1 is 0.939 bits per heavy atom. The lowest BCUT2D eigenvalue weighted by molar-refractivity contribution is -0.385. The maximum atomic E-state index is 13.3. The Morgan fingerprint density at radius 2 is 1.67 bits per heavy atom. The molecule has 9 nitrogen and oxygen atoms in total. The molecule has 1 aliphatic rings. The highest BCUT2D eigenvalue weighted by atomic mass is 32.2.